The lowest BCUT2D eigenvalue weighted by atomic mass is 9.90. The molecule has 0 unspecified atom stereocenters. The van der Waals surface area contributed by atoms with Crippen LogP contribution in [0.25, 0.3) is 0 Å². The van der Waals surface area contributed by atoms with Crippen LogP contribution in [-0.2, 0) is 19.4 Å². The first-order chi connectivity index (χ1) is 12.7. The van der Waals surface area contributed by atoms with Gasteiger partial charge in [0.05, 0.1) is 21.3 Å². The van der Waals surface area contributed by atoms with E-state index in [1.54, 1.807) is 27.4 Å². The summed E-state index contributed by atoms with van der Waals surface area (Å²) in [5.41, 5.74) is 4.20. The first-order valence-electron chi connectivity index (χ1n) is 8.85. The van der Waals surface area contributed by atoms with E-state index in [1.807, 2.05) is 18.2 Å². The number of ether oxygens (including phenoxy) is 3. The Kier molecular flexibility index (Phi) is 5.66. The van der Waals surface area contributed by atoms with Crippen LogP contribution >= 0.6 is 0 Å². The maximum absolute atomic E-state index is 12.6. The van der Waals surface area contributed by atoms with E-state index < -0.39 is 0 Å². The lowest BCUT2D eigenvalue weighted by molar-refractivity contribution is 0.0950. The van der Waals surface area contributed by atoms with Gasteiger partial charge in [-0.05, 0) is 55.0 Å². The molecule has 5 nitrogen and oxygen atoms in total. The smallest absolute Gasteiger partial charge is 0.251 e. The van der Waals surface area contributed by atoms with Crippen LogP contribution in [-0.4, -0.2) is 27.2 Å². The molecular weight excluding hydrogens is 330 g/mol. The van der Waals surface area contributed by atoms with Crippen molar-refractivity contribution >= 4 is 5.91 Å². The number of fused-ring (bicyclic) bond motifs is 1. The van der Waals surface area contributed by atoms with Crippen LogP contribution in [0.3, 0.4) is 0 Å². The molecule has 1 aliphatic carbocycles. The second-order valence-corrected chi connectivity index (χ2v) is 6.39. The molecule has 138 valence electrons. The highest BCUT2D eigenvalue weighted by atomic mass is 16.5. The zero-order chi connectivity index (χ0) is 18.5. The summed E-state index contributed by atoms with van der Waals surface area (Å²) in [5.74, 6) is 1.75. The number of carbonyl (C=O) groups excluding carboxylic acids is 1. The average molecular weight is 355 g/mol. The van der Waals surface area contributed by atoms with Gasteiger partial charge in [-0.25, -0.2) is 0 Å². The fourth-order valence-electron chi connectivity index (χ4n) is 3.38. The number of carbonyl (C=O) groups is 1. The summed E-state index contributed by atoms with van der Waals surface area (Å²) >= 11 is 0. The van der Waals surface area contributed by atoms with Gasteiger partial charge >= 0.3 is 0 Å². The van der Waals surface area contributed by atoms with E-state index in [0.29, 0.717) is 29.4 Å². The van der Waals surface area contributed by atoms with E-state index in [4.69, 9.17) is 14.2 Å². The molecule has 0 bridgehead atoms. The number of aryl methyl sites for hydroxylation is 2. The summed E-state index contributed by atoms with van der Waals surface area (Å²) < 4.78 is 16.0. The van der Waals surface area contributed by atoms with Gasteiger partial charge in [-0.1, -0.05) is 6.07 Å². The molecule has 0 atom stereocenters. The van der Waals surface area contributed by atoms with Crippen LogP contribution in [0.2, 0.25) is 0 Å². The molecule has 1 aliphatic rings. The van der Waals surface area contributed by atoms with Gasteiger partial charge in [-0.3, -0.25) is 4.79 Å². The fraction of sp³-hybridized carbons (Fsp3) is 0.381. The Bertz CT molecular complexity index is 801. The molecule has 1 amide bonds. The number of methoxy groups -OCH3 is 3. The Balaban J connectivity index is 1.75. The van der Waals surface area contributed by atoms with E-state index >= 15 is 0 Å². The molecule has 5 heteroatoms. The van der Waals surface area contributed by atoms with Crippen molar-refractivity contribution in [1.82, 2.24) is 5.32 Å². The van der Waals surface area contributed by atoms with Gasteiger partial charge in [-0.15, -0.1) is 0 Å². The second-order valence-electron chi connectivity index (χ2n) is 6.39. The molecule has 3 rings (SSSR count). The minimum atomic E-state index is -0.0878. The van der Waals surface area contributed by atoms with Gasteiger partial charge in [0.2, 0.25) is 0 Å². The maximum atomic E-state index is 12.6. The minimum Gasteiger partial charge on any atom is -0.496 e. The quantitative estimate of drug-likeness (QED) is 0.861. The standard InChI is InChI=1S/C21H25NO4/c1-24-18-12-20(26-3)19(25-2)11-17(18)13-22-21(23)16-9-8-14-6-4-5-7-15(14)10-16/h8-12H,4-7,13H2,1-3H3,(H,22,23). The molecule has 2 aromatic carbocycles. The van der Waals surface area contributed by atoms with Gasteiger partial charge in [0, 0.05) is 23.7 Å². The highest BCUT2D eigenvalue weighted by molar-refractivity contribution is 5.94. The molecule has 26 heavy (non-hydrogen) atoms. The largest absolute Gasteiger partial charge is 0.496 e. The Labute approximate surface area is 154 Å². The van der Waals surface area contributed by atoms with Crippen molar-refractivity contribution in [2.45, 2.75) is 32.2 Å². The Morgan fingerprint density at radius 2 is 1.54 bits per heavy atom. The van der Waals surface area contributed by atoms with Gasteiger partial charge in [0.25, 0.3) is 5.91 Å². The Morgan fingerprint density at radius 1 is 0.885 bits per heavy atom. The van der Waals surface area contributed by atoms with Crippen molar-refractivity contribution in [3.63, 3.8) is 0 Å². The van der Waals surface area contributed by atoms with Crippen molar-refractivity contribution < 1.29 is 19.0 Å². The molecule has 0 aromatic heterocycles. The number of hydrogen-bond acceptors (Lipinski definition) is 4. The summed E-state index contributed by atoms with van der Waals surface area (Å²) in [6.45, 7) is 0.347. The zero-order valence-electron chi connectivity index (χ0n) is 15.6. The number of rotatable bonds is 6. The fourth-order valence-corrected chi connectivity index (χ4v) is 3.38. The van der Waals surface area contributed by atoms with Crippen molar-refractivity contribution in [2.75, 3.05) is 21.3 Å². The van der Waals surface area contributed by atoms with E-state index in [0.717, 1.165) is 18.4 Å². The minimum absolute atomic E-state index is 0.0878. The van der Waals surface area contributed by atoms with Crippen LogP contribution < -0.4 is 19.5 Å². The molecular formula is C21H25NO4. The van der Waals surface area contributed by atoms with Crippen molar-refractivity contribution in [3.8, 4) is 17.2 Å². The number of nitrogens with one attached hydrogen (secondary N) is 1. The summed E-state index contributed by atoms with van der Waals surface area (Å²) in [5, 5.41) is 2.97. The highest BCUT2D eigenvalue weighted by Crippen LogP contribution is 2.34. The number of benzene rings is 2. The maximum Gasteiger partial charge on any atom is 0.251 e. The summed E-state index contributed by atoms with van der Waals surface area (Å²) in [4.78, 5) is 12.6. The second kappa shape index (κ2) is 8.13. The number of amides is 1. The Morgan fingerprint density at radius 3 is 2.23 bits per heavy atom. The van der Waals surface area contributed by atoms with Crippen LogP contribution in [0.5, 0.6) is 17.2 Å². The first-order valence-corrected chi connectivity index (χ1v) is 8.85. The van der Waals surface area contributed by atoms with E-state index in [-0.39, 0.29) is 5.91 Å². The van der Waals surface area contributed by atoms with E-state index in [9.17, 15) is 4.79 Å². The van der Waals surface area contributed by atoms with Gasteiger partial charge in [-0.2, -0.15) is 0 Å². The van der Waals surface area contributed by atoms with E-state index in [1.165, 1.54) is 24.0 Å². The van der Waals surface area contributed by atoms with Crippen LogP contribution in [0, 0.1) is 0 Å². The molecule has 0 radical (unpaired) electrons. The molecule has 1 N–H and O–H groups in total. The highest BCUT2D eigenvalue weighted by Gasteiger charge is 2.15. The topological polar surface area (TPSA) is 56.8 Å². The average Bonchev–Trinajstić information content (AvgIpc) is 2.70. The SMILES string of the molecule is COc1cc(OC)c(OC)cc1CNC(=O)c1ccc2c(c1)CCCC2. The summed E-state index contributed by atoms with van der Waals surface area (Å²) in [6, 6.07) is 9.60. The molecule has 0 saturated carbocycles. The van der Waals surface area contributed by atoms with Crippen molar-refractivity contribution in [1.29, 1.82) is 0 Å². The number of hydrogen-bond donors (Lipinski definition) is 1. The van der Waals surface area contributed by atoms with Crippen molar-refractivity contribution in [2.24, 2.45) is 0 Å². The van der Waals surface area contributed by atoms with Crippen LogP contribution in [0.4, 0.5) is 0 Å². The Hall–Kier alpha value is -2.69. The lowest BCUT2D eigenvalue weighted by Gasteiger charge is -2.17. The third kappa shape index (κ3) is 3.77. The van der Waals surface area contributed by atoms with Gasteiger partial charge < -0.3 is 19.5 Å². The molecule has 0 heterocycles. The lowest BCUT2D eigenvalue weighted by Crippen LogP contribution is -2.23. The summed E-state index contributed by atoms with van der Waals surface area (Å²) in [6.07, 6.45) is 4.60. The van der Waals surface area contributed by atoms with Crippen LogP contribution in [0.1, 0.15) is 39.9 Å². The van der Waals surface area contributed by atoms with Gasteiger partial charge in [0.15, 0.2) is 11.5 Å². The molecule has 2 aromatic rings. The first kappa shape index (κ1) is 18.1. The third-order valence-corrected chi connectivity index (χ3v) is 4.84. The van der Waals surface area contributed by atoms with Crippen molar-refractivity contribution in [3.05, 3.63) is 52.6 Å². The molecule has 0 spiro atoms. The molecule has 0 aliphatic heterocycles. The predicted molar refractivity (Wildman–Crippen MR) is 100 cm³/mol. The summed E-state index contributed by atoms with van der Waals surface area (Å²) in [7, 11) is 4.75. The van der Waals surface area contributed by atoms with Gasteiger partial charge in [0.1, 0.15) is 5.75 Å². The third-order valence-electron chi connectivity index (χ3n) is 4.84. The zero-order valence-corrected chi connectivity index (χ0v) is 15.6. The normalized spacial score (nSPS) is 12.9. The predicted octanol–water partition coefficient (Wildman–Crippen LogP) is 3.52. The van der Waals surface area contributed by atoms with E-state index in [2.05, 4.69) is 11.4 Å². The van der Waals surface area contributed by atoms with Crippen LogP contribution in [0.15, 0.2) is 30.3 Å². The molecule has 0 fully saturated rings. The monoisotopic (exact) mass is 355 g/mol. The molecule has 0 saturated heterocycles.